The van der Waals surface area contributed by atoms with Crippen molar-refractivity contribution >= 4 is 11.6 Å². The Morgan fingerprint density at radius 3 is 2.82 bits per heavy atom. The van der Waals surface area contributed by atoms with E-state index in [2.05, 4.69) is 10.2 Å². The number of ether oxygens (including phenoxy) is 1. The number of rotatable bonds is 4. The summed E-state index contributed by atoms with van der Waals surface area (Å²) in [5.41, 5.74) is 6.31. The molecule has 1 amide bonds. The zero-order valence-electron chi connectivity index (χ0n) is 9.69. The van der Waals surface area contributed by atoms with E-state index in [0.717, 1.165) is 31.1 Å². The number of amides is 1. The molecule has 2 rings (SSSR count). The first kappa shape index (κ1) is 11.7. The second kappa shape index (κ2) is 5.54. The lowest BCUT2D eigenvalue weighted by molar-refractivity contribution is -0.124. The van der Waals surface area contributed by atoms with Gasteiger partial charge in [-0.2, -0.15) is 0 Å². The summed E-state index contributed by atoms with van der Waals surface area (Å²) >= 11 is 0. The fourth-order valence-electron chi connectivity index (χ4n) is 1.74. The van der Waals surface area contributed by atoms with Crippen molar-refractivity contribution in [3.8, 4) is 5.75 Å². The Morgan fingerprint density at radius 1 is 1.35 bits per heavy atom. The minimum Gasteiger partial charge on any atom is -0.492 e. The number of nitrogens with two attached hydrogens (primary N) is 1. The molecule has 1 heterocycles. The minimum absolute atomic E-state index is 0.0868. The lowest BCUT2D eigenvalue weighted by Crippen LogP contribution is -2.48. The van der Waals surface area contributed by atoms with Gasteiger partial charge >= 0.3 is 0 Å². The number of nitrogen functional groups attached to an aromatic ring is 1. The van der Waals surface area contributed by atoms with E-state index in [1.807, 2.05) is 24.3 Å². The van der Waals surface area contributed by atoms with Gasteiger partial charge in [-0.15, -0.1) is 0 Å². The summed E-state index contributed by atoms with van der Waals surface area (Å²) in [5.74, 6) is 0.893. The zero-order chi connectivity index (χ0) is 12.1. The van der Waals surface area contributed by atoms with Crippen LogP contribution in [0.2, 0.25) is 0 Å². The topological polar surface area (TPSA) is 67.6 Å². The molecule has 92 valence electrons. The van der Waals surface area contributed by atoms with Crippen molar-refractivity contribution in [2.24, 2.45) is 0 Å². The summed E-state index contributed by atoms with van der Waals surface area (Å²) in [7, 11) is 0. The smallest absolute Gasteiger partial charge is 0.234 e. The van der Waals surface area contributed by atoms with E-state index < -0.39 is 0 Å². The number of carbonyl (C=O) groups excluding carboxylic acids is 1. The van der Waals surface area contributed by atoms with Crippen molar-refractivity contribution in [3.05, 3.63) is 24.3 Å². The molecule has 0 saturated carbocycles. The van der Waals surface area contributed by atoms with Gasteiger partial charge in [0.2, 0.25) is 5.91 Å². The van der Waals surface area contributed by atoms with E-state index in [9.17, 15) is 4.79 Å². The number of nitrogens with one attached hydrogen (secondary N) is 1. The molecule has 1 saturated heterocycles. The summed E-state index contributed by atoms with van der Waals surface area (Å²) in [5, 5.41) is 2.79. The Morgan fingerprint density at radius 2 is 2.12 bits per heavy atom. The number of piperazine rings is 1. The van der Waals surface area contributed by atoms with E-state index in [1.165, 1.54) is 0 Å². The Balaban J connectivity index is 1.72. The Kier molecular flexibility index (Phi) is 3.82. The highest BCUT2D eigenvalue weighted by Crippen LogP contribution is 2.12. The maximum absolute atomic E-state index is 11.1. The van der Waals surface area contributed by atoms with E-state index in [0.29, 0.717) is 13.2 Å². The van der Waals surface area contributed by atoms with Crippen LogP contribution in [-0.2, 0) is 4.79 Å². The molecule has 3 N–H and O–H groups in total. The standard InChI is InChI=1S/C12H17N3O2/c13-10-1-3-11(4-2-10)17-8-7-15-6-5-14-12(16)9-15/h1-4H,5-9,13H2,(H,14,16). The minimum atomic E-state index is 0.0868. The van der Waals surface area contributed by atoms with E-state index in [-0.39, 0.29) is 5.91 Å². The first-order valence-corrected chi connectivity index (χ1v) is 5.71. The number of carbonyl (C=O) groups is 1. The maximum atomic E-state index is 11.1. The number of anilines is 1. The Bertz CT molecular complexity index is 378. The van der Waals surface area contributed by atoms with E-state index in [1.54, 1.807) is 0 Å². The Labute approximate surface area is 101 Å². The van der Waals surface area contributed by atoms with Gasteiger partial charge in [0.25, 0.3) is 0 Å². The molecule has 0 unspecified atom stereocenters. The second-order valence-corrected chi connectivity index (χ2v) is 4.04. The molecule has 0 spiro atoms. The number of nitrogens with zero attached hydrogens (tertiary/aromatic N) is 1. The van der Waals surface area contributed by atoms with Gasteiger partial charge in [0, 0.05) is 25.3 Å². The monoisotopic (exact) mass is 235 g/mol. The van der Waals surface area contributed by atoms with Gasteiger partial charge in [0.05, 0.1) is 6.54 Å². The number of benzene rings is 1. The van der Waals surface area contributed by atoms with Gasteiger partial charge in [0.15, 0.2) is 0 Å². The van der Waals surface area contributed by atoms with E-state index >= 15 is 0 Å². The molecule has 1 aromatic carbocycles. The van der Waals surface area contributed by atoms with Gasteiger partial charge in [-0.25, -0.2) is 0 Å². The van der Waals surface area contributed by atoms with Gasteiger partial charge in [-0.05, 0) is 24.3 Å². The quantitative estimate of drug-likeness (QED) is 0.725. The van der Waals surface area contributed by atoms with Crippen LogP contribution < -0.4 is 15.8 Å². The van der Waals surface area contributed by atoms with Crippen LogP contribution >= 0.6 is 0 Å². The summed E-state index contributed by atoms with van der Waals surface area (Å²) in [6, 6.07) is 7.31. The third-order valence-electron chi connectivity index (χ3n) is 2.67. The number of hydrogen-bond donors (Lipinski definition) is 2. The molecular formula is C12H17N3O2. The van der Waals surface area contributed by atoms with Crippen LogP contribution in [0, 0.1) is 0 Å². The van der Waals surface area contributed by atoms with Crippen LogP contribution in [0.25, 0.3) is 0 Å². The second-order valence-electron chi connectivity index (χ2n) is 4.04. The molecule has 5 nitrogen and oxygen atoms in total. The molecular weight excluding hydrogens is 218 g/mol. The van der Waals surface area contributed by atoms with Crippen molar-refractivity contribution in [2.45, 2.75) is 0 Å². The molecule has 0 radical (unpaired) electrons. The molecule has 17 heavy (non-hydrogen) atoms. The third-order valence-corrected chi connectivity index (χ3v) is 2.67. The average molecular weight is 235 g/mol. The van der Waals surface area contributed by atoms with Crippen LogP contribution in [-0.4, -0.2) is 43.6 Å². The van der Waals surface area contributed by atoms with Crippen LogP contribution in [0.15, 0.2) is 24.3 Å². The first-order valence-electron chi connectivity index (χ1n) is 5.71. The highest BCUT2D eigenvalue weighted by atomic mass is 16.5. The predicted molar refractivity (Wildman–Crippen MR) is 65.8 cm³/mol. The molecule has 0 aliphatic carbocycles. The summed E-state index contributed by atoms with van der Waals surface area (Å²) in [4.78, 5) is 13.2. The lowest BCUT2D eigenvalue weighted by Gasteiger charge is -2.26. The third kappa shape index (κ3) is 3.64. The van der Waals surface area contributed by atoms with Crippen molar-refractivity contribution in [3.63, 3.8) is 0 Å². The van der Waals surface area contributed by atoms with Crippen LogP contribution in [0.4, 0.5) is 5.69 Å². The molecule has 1 fully saturated rings. The van der Waals surface area contributed by atoms with Gasteiger partial charge in [0.1, 0.15) is 12.4 Å². The van der Waals surface area contributed by atoms with Crippen LogP contribution in [0.1, 0.15) is 0 Å². The van der Waals surface area contributed by atoms with Crippen molar-refractivity contribution in [2.75, 3.05) is 38.5 Å². The predicted octanol–water partition coefficient (Wildman–Crippen LogP) is 0.0794. The fourth-order valence-corrected chi connectivity index (χ4v) is 1.74. The molecule has 0 atom stereocenters. The fraction of sp³-hybridized carbons (Fsp3) is 0.417. The van der Waals surface area contributed by atoms with Gasteiger partial charge < -0.3 is 15.8 Å². The molecule has 0 aromatic heterocycles. The average Bonchev–Trinajstić information content (AvgIpc) is 2.32. The van der Waals surface area contributed by atoms with Gasteiger partial charge in [-0.3, -0.25) is 9.69 Å². The summed E-state index contributed by atoms with van der Waals surface area (Å²) in [6.45, 7) is 3.41. The summed E-state index contributed by atoms with van der Waals surface area (Å²) in [6.07, 6.45) is 0. The molecule has 1 aliphatic rings. The van der Waals surface area contributed by atoms with Crippen molar-refractivity contribution in [1.29, 1.82) is 0 Å². The lowest BCUT2D eigenvalue weighted by atomic mass is 10.3. The Hall–Kier alpha value is -1.75. The van der Waals surface area contributed by atoms with Crippen molar-refractivity contribution < 1.29 is 9.53 Å². The normalized spacial score (nSPS) is 16.6. The highest BCUT2D eigenvalue weighted by Gasteiger charge is 2.15. The first-order chi connectivity index (χ1) is 8.24. The van der Waals surface area contributed by atoms with Crippen LogP contribution in [0.3, 0.4) is 0 Å². The highest BCUT2D eigenvalue weighted by molar-refractivity contribution is 5.78. The summed E-state index contributed by atoms with van der Waals surface area (Å²) < 4.78 is 5.57. The maximum Gasteiger partial charge on any atom is 0.234 e. The molecule has 1 aromatic rings. The van der Waals surface area contributed by atoms with Crippen molar-refractivity contribution in [1.82, 2.24) is 10.2 Å². The van der Waals surface area contributed by atoms with Crippen LogP contribution in [0.5, 0.6) is 5.75 Å². The van der Waals surface area contributed by atoms with Gasteiger partial charge in [-0.1, -0.05) is 0 Å². The zero-order valence-corrected chi connectivity index (χ0v) is 9.69. The molecule has 5 heteroatoms. The largest absolute Gasteiger partial charge is 0.492 e. The molecule has 1 aliphatic heterocycles. The molecule has 0 bridgehead atoms. The number of hydrogen-bond acceptors (Lipinski definition) is 4. The van der Waals surface area contributed by atoms with E-state index in [4.69, 9.17) is 10.5 Å². The SMILES string of the molecule is Nc1ccc(OCCN2CCNC(=O)C2)cc1.